The van der Waals surface area contributed by atoms with Gasteiger partial charge >= 0.3 is 12.1 Å². The van der Waals surface area contributed by atoms with Gasteiger partial charge in [-0.25, -0.2) is 9.78 Å². The SMILES string of the molecule is Cc1nc(C(F)(F)F)cc(N)c1C(=O)O. The van der Waals surface area contributed by atoms with E-state index in [2.05, 4.69) is 4.98 Å². The largest absolute Gasteiger partial charge is 0.478 e. The Bertz CT molecular complexity index is 392. The number of nitrogen functional groups attached to an aromatic ring is 1. The second kappa shape index (κ2) is 3.41. The maximum Gasteiger partial charge on any atom is 0.433 e. The molecule has 0 radical (unpaired) electrons. The van der Waals surface area contributed by atoms with Crippen molar-refractivity contribution in [3.05, 3.63) is 23.0 Å². The molecular formula is C8H7F3N2O2. The van der Waals surface area contributed by atoms with Gasteiger partial charge in [-0.3, -0.25) is 0 Å². The summed E-state index contributed by atoms with van der Waals surface area (Å²) in [6, 6.07) is 0.510. The number of carboxylic acid groups (broad SMARTS) is 1. The van der Waals surface area contributed by atoms with Gasteiger partial charge in [0.15, 0.2) is 0 Å². The minimum atomic E-state index is -4.63. The fourth-order valence-corrected chi connectivity index (χ4v) is 1.12. The Balaban J connectivity index is 3.39. The van der Waals surface area contributed by atoms with Gasteiger partial charge in [-0.1, -0.05) is 0 Å². The van der Waals surface area contributed by atoms with E-state index in [9.17, 15) is 18.0 Å². The maximum atomic E-state index is 12.2. The predicted molar refractivity (Wildman–Crippen MR) is 45.3 cm³/mol. The van der Waals surface area contributed by atoms with Gasteiger partial charge in [-0.05, 0) is 13.0 Å². The summed E-state index contributed by atoms with van der Waals surface area (Å²) in [5.74, 6) is -1.40. The lowest BCUT2D eigenvalue weighted by Crippen LogP contribution is -2.14. The van der Waals surface area contributed by atoms with Gasteiger partial charge in [0.25, 0.3) is 0 Å². The summed E-state index contributed by atoms with van der Waals surface area (Å²) in [6.07, 6.45) is -4.63. The van der Waals surface area contributed by atoms with E-state index in [0.29, 0.717) is 6.07 Å². The first-order chi connectivity index (χ1) is 6.73. The number of carbonyl (C=O) groups is 1. The number of pyridine rings is 1. The summed E-state index contributed by atoms with van der Waals surface area (Å²) in [5, 5.41) is 8.64. The highest BCUT2D eigenvalue weighted by Gasteiger charge is 2.34. The first-order valence-corrected chi connectivity index (χ1v) is 3.81. The van der Waals surface area contributed by atoms with Crippen molar-refractivity contribution in [3.63, 3.8) is 0 Å². The fourth-order valence-electron chi connectivity index (χ4n) is 1.12. The number of rotatable bonds is 1. The lowest BCUT2D eigenvalue weighted by atomic mass is 10.1. The molecule has 0 saturated carbocycles. The van der Waals surface area contributed by atoms with Gasteiger partial charge in [-0.15, -0.1) is 0 Å². The third-order valence-electron chi connectivity index (χ3n) is 1.74. The quantitative estimate of drug-likeness (QED) is 0.755. The molecule has 0 aromatic carbocycles. The Labute approximate surface area is 82.5 Å². The number of aromatic nitrogens is 1. The molecule has 1 aromatic heterocycles. The van der Waals surface area contributed by atoms with Crippen LogP contribution in [0.5, 0.6) is 0 Å². The molecule has 0 saturated heterocycles. The van der Waals surface area contributed by atoms with Gasteiger partial charge < -0.3 is 10.8 Å². The number of halogens is 3. The van der Waals surface area contributed by atoms with Crippen LogP contribution in [-0.4, -0.2) is 16.1 Å². The van der Waals surface area contributed by atoms with E-state index in [1.54, 1.807) is 0 Å². The minimum Gasteiger partial charge on any atom is -0.478 e. The van der Waals surface area contributed by atoms with Crippen LogP contribution in [0.15, 0.2) is 6.07 Å². The number of alkyl halides is 3. The van der Waals surface area contributed by atoms with Crippen LogP contribution < -0.4 is 5.73 Å². The Kier molecular flexibility index (Phi) is 2.57. The van der Waals surface area contributed by atoms with Gasteiger partial charge in [0.2, 0.25) is 0 Å². The Morgan fingerprint density at radius 1 is 1.53 bits per heavy atom. The van der Waals surface area contributed by atoms with Crippen LogP contribution in [0.2, 0.25) is 0 Å². The van der Waals surface area contributed by atoms with E-state index in [1.807, 2.05) is 0 Å². The van der Waals surface area contributed by atoms with E-state index >= 15 is 0 Å². The van der Waals surface area contributed by atoms with Crippen LogP contribution in [0.4, 0.5) is 18.9 Å². The molecule has 4 nitrogen and oxygen atoms in total. The molecule has 1 heterocycles. The topological polar surface area (TPSA) is 76.2 Å². The van der Waals surface area contributed by atoms with Crippen LogP contribution in [0.1, 0.15) is 21.7 Å². The normalized spacial score (nSPS) is 11.5. The van der Waals surface area contributed by atoms with E-state index in [4.69, 9.17) is 10.8 Å². The number of aryl methyl sites for hydroxylation is 1. The molecule has 0 unspecified atom stereocenters. The molecule has 0 aliphatic rings. The number of hydrogen-bond donors (Lipinski definition) is 2. The predicted octanol–water partition coefficient (Wildman–Crippen LogP) is 1.69. The Morgan fingerprint density at radius 3 is 2.40 bits per heavy atom. The standard InChI is InChI=1S/C8H7F3N2O2/c1-3-6(7(14)15)4(12)2-5(13-3)8(9,10)11/h2H,1H3,(H2,12,13)(H,14,15). The van der Waals surface area contributed by atoms with Crippen molar-refractivity contribution < 1.29 is 23.1 Å². The number of anilines is 1. The van der Waals surface area contributed by atoms with E-state index < -0.39 is 29.1 Å². The zero-order valence-corrected chi connectivity index (χ0v) is 7.59. The van der Waals surface area contributed by atoms with Gasteiger partial charge in [0.1, 0.15) is 11.3 Å². The smallest absolute Gasteiger partial charge is 0.433 e. The highest BCUT2D eigenvalue weighted by Crippen LogP contribution is 2.30. The van der Waals surface area contributed by atoms with Gasteiger partial charge in [0.05, 0.1) is 11.4 Å². The van der Waals surface area contributed by atoms with Crippen molar-refractivity contribution in [1.82, 2.24) is 4.98 Å². The summed E-state index contributed by atoms with van der Waals surface area (Å²) in [5.41, 5.74) is 2.91. The average Bonchev–Trinajstić information content (AvgIpc) is 1.99. The van der Waals surface area contributed by atoms with E-state index in [-0.39, 0.29) is 5.69 Å². The van der Waals surface area contributed by atoms with Crippen LogP contribution >= 0.6 is 0 Å². The number of nitrogens with zero attached hydrogens (tertiary/aromatic N) is 1. The molecule has 0 atom stereocenters. The molecule has 0 fully saturated rings. The third-order valence-corrected chi connectivity index (χ3v) is 1.74. The number of carboxylic acids is 1. The van der Waals surface area contributed by atoms with Crippen LogP contribution in [-0.2, 0) is 6.18 Å². The van der Waals surface area contributed by atoms with E-state index in [0.717, 1.165) is 6.92 Å². The average molecular weight is 220 g/mol. The lowest BCUT2D eigenvalue weighted by molar-refractivity contribution is -0.141. The molecule has 0 amide bonds. The summed E-state index contributed by atoms with van der Waals surface area (Å²) >= 11 is 0. The van der Waals surface area contributed by atoms with Gasteiger partial charge in [0, 0.05) is 0 Å². The van der Waals surface area contributed by atoms with Crippen molar-refractivity contribution in [1.29, 1.82) is 0 Å². The second-order valence-electron chi connectivity index (χ2n) is 2.86. The highest BCUT2D eigenvalue weighted by atomic mass is 19.4. The summed E-state index contributed by atoms with van der Waals surface area (Å²) in [4.78, 5) is 13.7. The Morgan fingerprint density at radius 2 is 2.07 bits per heavy atom. The molecule has 1 rings (SSSR count). The zero-order chi connectivity index (χ0) is 11.8. The first kappa shape index (κ1) is 11.3. The fraction of sp³-hybridized carbons (Fsp3) is 0.250. The number of aromatic carboxylic acids is 1. The van der Waals surface area contributed by atoms with Gasteiger partial charge in [-0.2, -0.15) is 13.2 Å². The second-order valence-corrected chi connectivity index (χ2v) is 2.86. The third kappa shape index (κ3) is 2.17. The molecule has 82 valence electrons. The van der Waals surface area contributed by atoms with E-state index in [1.165, 1.54) is 0 Å². The summed E-state index contributed by atoms with van der Waals surface area (Å²) < 4.78 is 36.6. The minimum absolute atomic E-state index is 0.255. The van der Waals surface area contributed by atoms with Crippen molar-refractivity contribution >= 4 is 11.7 Å². The molecule has 1 aromatic rings. The van der Waals surface area contributed by atoms with Crippen molar-refractivity contribution in [2.45, 2.75) is 13.1 Å². The van der Waals surface area contributed by atoms with Crippen LogP contribution in [0.25, 0.3) is 0 Å². The first-order valence-electron chi connectivity index (χ1n) is 3.81. The molecule has 3 N–H and O–H groups in total. The van der Waals surface area contributed by atoms with Crippen LogP contribution in [0, 0.1) is 6.92 Å². The molecule has 0 spiro atoms. The highest BCUT2D eigenvalue weighted by molar-refractivity contribution is 5.94. The molecule has 0 bridgehead atoms. The summed E-state index contributed by atoms with van der Waals surface area (Å²) in [7, 11) is 0. The van der Waals surface area contributed by atoms with Crippen LogP contribution in [0.3, 0.4) is 0 Å². The van der Waals surface area contributed by atoms with Crippen molar-refractivity contribution in [3.8, 4) is 0 Å². The number of nitrogens with two attached hydrogens (primary N) is 1. The molecule has 0 aliphatic carbocycles. The lowest BCUT2D eigenvalue weighted by Gasteiger charge is -2.10. The van der Waals surface area contributed by atoms with Crippen molar-refractivity contribution in [2.75, 3.05) is 5.73 Å². The summed E-state index contributed by atoms with van der Waals surface area (Å²) in [6.45, 7) is 1.16. The van der Waals surface area contributed by atoms with Crippen molar-refractivity contribution in [2.24, 2.45) is 0 Å². The molecule has 15 heavy (non-hydrogen) atoms. The molecule has 0 aliphatic heterocycles. The zero-order valence-electron chi connectivity index (χ0n) is 7.59. The Hall–Kier alpha value is -1.79. The monoisotopic (exact) mass is 220 g/mol. The number of hydrogen-bond acceptors (Lipinski definition) is 3. The molecule has 7 heteroatoms. The maximum absolute atomic E-state index is 12.2. The molecular weight excluding hydrogens is 213 g/mol.